The molecule has 0 aliphatic carbocycles. The lowest BCUT2D eigenvalue weighted by atomic mass is 10.0. The number of anilines is 1. The number of carbonyl (C=O) groups excluding carboxylic acids is 1. The van der Waals surface area contributed by atoms with Gasteiger partial charge in [-0.25, -0.2) is 10.2 Å². The Hall–Kier alpha value is -2.80. The lowest BCUT2D eigenvalue weighted by Gasteiger charge is -2.35. The molecular formula is C20H27N5O2. The molecule has 0 radical (unpaired) electrons. The molecule has 2 aliphatic rings. The van der Waals surface area contributed by atoms with E-state index in [9.17, 15) is 4.79 Å². The lowest BCUT2D eigenvalue weighted by Crippen LogP contribution is -2.41. The summed E-state index contributed by atoms with van der Waals surface area (Å²) in [5.74, 6) is 1.35. The first-order chi connectivity index (χ1) is 13.2. The molecule has 0 aromatic heterocycles. The van der Waals surface area contributed by atoms with Crippen LogP contribution < -0.4 is 10.7 Å². The molecule has 1 unspecified atom stereocenters. The van der Waals surface area contributed by atoms with Gasteiger partial charge in [-0.3, -0.25) is 0 Å². The van der Waals surface area contributed by atoms with E-state index >= 15 is 0 Å². The van der Waals surface area contributed by atoms with Gasteiger partial charge in [-0.1, -0.05) is 24.3 Å². The maximum Gasteiger partial charge on any atom is 0.339 e. The van der Waals surface area contributed by atoms with Gasteiger partial charge >= 0.3 is 6.03 Å². The second kappa shape index (κ2) is 9.23. The van der Waals surface area contributed by atoms with Gasteiger partial charge in [-0.15, -0.1) is 6.58 Å². The number of rotatable bonds is 6. The number of carbonyl (C=O) groups is 1. The van der Waals surface area contributed by atoms with Crippen molar-refractivity contribution in [2.24, 2.45) is 11.0 Å². The molecule has 1 saturated heterocycles. The molecule has 1 aromatic carbocycles. The third kappa shape index (κ3) is 4.68. The molecule has 7 nitrogen and oxygen atoms in total. The number of hydrogen-bond donors (Lipinski definition) is 2. The lowest BCUT2D eigenvalue weighted by molar-refractivity contribution is 0.0402. The molecule has 0 spiro atoms. The van der Waals surface area contributed by atoms with E-state index in [-0.39, 0.29) is 11.9 Å². The average molecular weight is 369 g/mol. The molecule has 2 aliphatic heterocycles. The van der Waals surface area contributed by atoms with Gasteiger partial charge in [0.05, 0.1) is 19.4 Å². The van der Waals surface area contributed by atoms with Crippen molar-refractivity contribution < 1.29 is 9.53 Å². The maximum absolute atomic E-state index is 12.0. The number of morpholine rings is 1. The Morgan fingerprint density at radius 2 is 2.07 bits per heavy atom. The molecule has 7 heteroatoms. The fourth-order valence-corrected chi connectivity index (χ4v) is 3.40. The Kier molecular flexibility index (Phi) is 6.49. The summed E-state index contributed by atoms with van der Waals surface area (Å²) in [7, 11) is 0. The normalized spacial score (nSPS) is 20.3. The third-order valence-corrected chi connectivity index (χ3v) is 4.75. The molecule has 27 heavy (non-hydrogen) atoms. The van der Waals surface area contributed by atoms with Gasteiger partial charge in [0.15, 0.2) is 0 Å². The summed E-state index contributed by atoms with van der Waals surface area (Å²) in [5.41, 5.74) is 4.35. The van der Waals surface area contributed by atoms with Crippen LogP contribution >= 0.6 is 0 Å². The Labute approximate surface area is 160 Å². The number of para-hydroxylation sites is 1. The first-order valence-corrected chi connectivity index (χ1v) is 9.32. The van der Waals surface area contributed by atoms with Gasteiger partial charge in [-0.2, -0.15) is 5.10 Å². The minimum absolute atomic E-state index is 0.186. The zero-order valence-corrected chi connectivity index (χ0v) is 15.7. The summed E-state index contributed by atoms with van der Waals surface area (Å²) < 4.78 is 5.48. The molecule has 2 N–H and O–H groups in total. The highest BCUT2D eigenvalue weighted by molar-refractivity contribution is 5.90. The number of nitrogens with zero attached hydrogens (tertiary/aromatic N) is 3. The van der Waals surface area contributed by atoms with Crippen LogP contribution in [0.25, 0.3) is 0 Å². The molecule has 1 fully saturated rings. The van der Waals surface area contributed by atoms with Gasteiger partial charge in [0.1, 0.15) is 5.82 Å². The molecule has 0 saturated carbocycles. The zero-order valence-electron chi connectivity index (χ0n) is 15.7. The van der Waals surface area contributed by atoms with Gasteiger partial charge in [-0.05, 0) is 19.1 Å². The van der Waals surface area contributed by atoms with Crippen molar-refractivity contribution in [3.8, 4) is 0 Å². The van der Waals surface area contributed by atoms with E-state index in [0.717, 1.165) is 50.7 Å². The molecule has 0 bridgehead atoms. The Bertz CT molecular complexity index is 710. The Balaban J connectivity index is 1.72. The monoisotopic (exact) mass is 369 g/mol. The minimum Gasteiger partial charge on any atom is -0.378 e. The van der Waals surface area contributed by atoms with Crippen LogP contribution in [0.15, 0.2) is 59.5 Å². The van der Waals surface area contributed by atoms with Crippen molar-refractivity contribution in [3.63, 3.8) is 0 Å². The van der Waals surface area contributed by atoms with Crippen molar-refractivity contribution in [1.82, 2.24) is 15.2 Å². The van der Waals surface area contributed by atoms with Crippen molar-refractivity contribution >= 4 is 17.9 Å². The van der Waals surface area contributed by atoms with E-state index in [0.29, 0.717) is 0 Å². The summed E-state index contributed by atoms with van der Waals surface area (Å²) >= 11 is 0. The number of hydrazone groups is 1. The summed E-state index contributed by atoms with van der Waals surface area (Å²) in [6.45, 7) is 11.1. The second-order valence-electron chi connectivity index (χ2n) is 6.45. The quantitative estimate of drug-likeness (QED) is 0.459. The molecule has 144 valence electrons. The standard InChI is InChI=1S/C20H27N5O2/c1-3-16-15-24(4-2)19(25-10-12-27-13-11-25)18(16)14-21-23-20(26)22-17-8-6-5-7-9-17/h3,5-9,14,16H,1,4,10-13,15H2,2H3,(H2,22,23,26)/b21-14+. The van der Waals surface area contributed by atoms with E-state index in [4.69, 9.17) is 4.74 Å². The van der Waals surface area contributed by atoms with E-state index in [2.05, 4.69) is 39.1 Å². The van der Waals surface area contributed by atoms with E-state index in [1.54, 1.807) is 6.21 Å². The summed E-state index contributed by atoms with van der Waals surface area (Å²) in [6, 6.07) is 8.91. The third-order valence-electron chi connectivity index (χ3n) is 4.75. The first-order valence-electron chi connectivity index (χ1n) is 9.32. The van der Waals surface area contributed by atoms with Crippen LogP contribution in [0.1, 0.15) is 6.92 Å². The SMILES string of the molecule is C=CC1CN(CC)C(N2CCOCC2)=C1/C=N/NC(=O)Nc1ccccc1. The number of benzene rings is 1. The zero-order chi connectivity index (χ0) is 19.1. The number of nitrogens with one attached hydrogen (secondary N) is 2. The number of ether oxygens (including phenoxy) is 1. The van der Waals surface area contributed by atoms with Gasteiger partial charge in [0.2, 0.25) is 0 Å². The van der Waals surface area contributed by atoms with Crippen LogP contribution in [0, 0.1) is 5.92 Å². The van der Waals surface area contributed by atoms with Crippen molar-refractivity contribution in [1.29, 1.82) is 0 Å². The van der Waals surface area contributed by atoms with Crippen molar-refractivity contribution in [2.45, 2.75) is 6.92 Å². The van der Waals surface area contributed by atoms with Crippen LogP contribution in [0.4, 0.5) is 10.5 Å². The van der Waals surface area contributed by atoms with Crippen LogP contribution in [0.5, 0.6) is 0 Å². The van der Waals surface area contributed by atoms with Gasteiger partial charge in [0, 0.05) is 43.4 Å². The summed E-state index contributed by atoms with van der Waals surface area (Å²) in [5, 5.41) is 6.93. The molecule has 1 atom stereocenters. The molecular weight excluding hydrogens is 342 g/mol. The molecule has 2 amide bonds. The average Bonchev–Trinajstić information content (AvgIpc) is 3.07. The van der Waals surface area contributed by atoms with E-state index < -0.39 is 0 Å². The minimum atomic E-state index is -0.369. The van der Waals surface area contributed by atoms with Crippen LogP contribution in [0.3, 0.4) is 0 Å². The van der Waals surface area contributed by atoms with Crippen LogP contribution in [0.2, 0.25) is 0 Å². The Morgan fingerprint density at radius 1 is 1.33 bits per heavy atom. The van der Waals surface area contributed by atoms with E-state index in [1.165, 1.54) is 5.82 Å². The highest BCUT2D eigenvalue weighted by atomic mass is 16.5. The number of urea groups is 1. The maximum atomic E-state index is 12.0. The van der Waals surface area contributed by atoms with E-state index in [1.807, 2.05) is 36.4 Å². The topological polar surface area (TPSA) is 69.2 Å². The largest absolute Gasteiger partial charge is 0.378 e. The Morgan fingerprint density at radius 3 is 2.74 bits per heavy atom. The number of amides is 2. The summed E-state index contributed by atoms with van der Waals surface area (Å²) in [6.07, 6.45) is 3.69. The van der Waals surface area contributed by atoms with Crippen LogP contribution in [-0.2, 0) is 4.74 Å². The summed E-state index contributed by atoms with van der Waals surface area (Å²) in [4.78, 5) is 16.7. The van der Waals surface area contributed by atoms with Crippen molar-refractivity contribution in [3.05, 3.63) is 54.4 Å². The smallest absolute Gasteiger partial charge is 0.339 e. The molecule has 2 heterocycles. The fourth-order valence-electron chi connectivity index (χ4n) is 3.40. The fraction of sp³-hybridized carbons (Fsp3) is 0.400. The molecule has 1 aromatic rings. The predicted octanol–water partition coefficient (Wildman–Crippen LogP) is 2.48. The van der Waals surface area contributed by atoms with Gasteiger partial charge in [0.25, 0.3) is 0 Å². The number of hydrogen-bond acceptors (Lipinski definition) is 5. The highest BCUT2D eigenvalue weighted by Crippen LogP contribution is 2.30. The predicted molar refractivity (Wildman–Crippen MR) is 107 cm³/mol. The second-order valence-corrected chi connectivity index (χ2v) is 6.45. The molecule has 3 rings (SSSR count). The highest BCUT2D eigenvalue weighted by Gasteiger charge is 2.32. The van der Waals surface area contributed by atoms with Crippen LogP contribution in [-0.4, -0.2) is 61.4 Å². The van der Waals surface area contributed by atoms with Gasteiger partial charge < -0.3 is 19.9 Å². The van der Waals surface area contributed by atoms with Crippen molar-refractivity contribution in [2.75, 3.05) is 44.7 Å². The first kappa shape index (κ1) is 19.0.